The molecule has 2 fully saturated rings. The number of carbonyl (C=O) groups is 2. The fourth-order valence-electron chi connectivity index (χ4n) is 5.15. The van der Waals surface area contributed by atoms with Crippen LogP contribution in [0, 0.1) is 0 Å². The number of piperazine rings is 1. The largest absolute Gasteiger partial charge is 0.453 e. The molecule has 4 rings (SSSR count). The molecule has 6 nitrogen and oxygen atoms in total. The van der Waals surface area contributed by atoms with E-state index in [-0.39, 0.29) is 24.0 Å². The minimum absolute atomic E-state index is 0.0571. The zero-order valence-corrected chi connectivity index (χ0v) is 19.6. The zero-order valence-electron chi connectivity index (χ0n) is 19.6. The molecule has 0 aliphatic carbocycles. The summed E-state index contributed by atoms with van der Waals surface area (Å²) in [5.41, 5.74) is 2.00. The van der Waals surface area contributed by atoms with Gasteiger partial charge in [0.2, 0.25) is 5.91 Å². The van der Waals surface area contributed by atoms with E-state index in [0.717, 1.165) is 30.8 Å². The number of carbonyl (C=O) groups excluding carboxylic acids is 2. The van der Waals surface area contributed by atoms with Gasteiger partial charge >= 0.3 is 6.09 Å². The molecular formula is C27H35N3O3. The van der Waals surface area contributed by atoms with Crippen LogP contribution < -0.4 is 0 Å². The van der Waals surface area contributed by atoms with Crippen LogP contribution >= 0.6 is 0 Å². The van der Waals surface area contributed by atoms with Crippen molar-refractivity contribution in [3.05, 3.63) is 71.8 Å². The molecule has 2 amide bonds. The Labute approximate surface area is 197 Å². The molecule has 0 N–H and O–H groups in total. The Bertz CT molecular complexity index is 858. The summed E-state index contributed by atoms with van der Waals surface area (Å²) in [5.74, 6) is -0.250. The number of amides is 2. The second kappa shape index (κ2) is 11.3. The second-order valence-corrected chi connectivity index (χ2v) is 9.07. The number of nitrogens with zero attached hydrogens (tertiary/aromatic N) is 3. The van der Waals surface area contributed by atoms with Crippen LogP contribution in [0.2, 0.25) is 0 Å². The Balaban J connectivity index is 1.62. The molecule has 1 atom stereocenters. The summed E-state index contributed by atoms with van der Waals surface area (Å²) in [6.07, 6.45) is 4.60. The third-order valence-electron chi connectivity index (χ3n) is 6.88. The molecule has 2 aliphatic heterocycles. The number of ether oxygens (including phenoxy) is 1. The average Bonchev–Trinajstić information content (AvgIpc) is 3.13. The molecular weight excluding hydrogens is 414 g/mol. The van der Waals surface area contributed by atoms with E-state index in [9.17, 15) is 9.59 Å². The van der Waals surface area contributed by atoms with Crippen molar-refractivity contribution in [2.24, 2.45) is 0 Å². The fourth-order valence-corrected chi connectivity index (χ4v) is 5.15. The maximum atomic E-state index is 14.1. The van der Waals surface area contributed by atoms with Crippen LogP contribution in [0.25, 0.3) is 0 Å². The van der Waals surface area contributed by atoms with Crippen LogP contribution in [0.4, 0.5) is 4.79 Å². The first-order chi connectivity index (χ1) is 16.2. The van der Waals surface area contributed by atoms with E-state index in [0.29, 0.717) is 19.6 Å². The maximum absolute atomic E-state index is 14.1. The topological polar surface area (TPSA) is 53.1 Å². The molecule has 2 aromatic carbocycles. The summed E-state index contributed by atoms with van der Waals surface area (Å²) in [6, 6.07) is 20.0. The highest BCUT2D eigenvalue weighted by Gasteiger charge is 2.37. The second-order valence-electron chi connectivity index (χ2n) is 9.07. The quantitative estimate of drug-likeness (QED) is 0.693. The summed E-state index contributed by atoms with van der Waals surface area (Å²) in [5, 5.41) is 0. The van der Waals surface area contributed by atoms with Crippen LogP contribution in [0.1, 0.15) is 42.7 Å². The van der Waals surface area contributed by atoms with Crippen molar-refractivity contribution in [3.63, 3.8) is 0 Å². The highest BCUT2D eigenvalue weighted by atomic mass is 16.5. The van der Waals surface area contributed by atoms with Gasteiger partial charge in [-0.3, -0.25) is 4.79 Å². The number of methoxy groups -OCH3 is 1. The average molecular weight is 450 g/mol. The summed E-state index contributed by atoms with van der Waals surface area (Å²) in [6.45, 7) is 4.41. The predicted octanol–water partition coefficient (Wildman–Crippen LogP) is 3.97. The van der Waals surface area contributed by atoms with Crippen molar-refractivity contribution < 1.29 is 14.3 Å². The minimum atomic E-state index is -0.358. The van der Waals surface area contributed by atoms with Crippen molar-refractivity contribution in [2.45, 2.75) is 37.6 Å². The summed E-state index contributed by atoms with van der Waals surface area (Å²) in [4.78, 5) is 32.7. The Morgan fingerprint density at radius 3 is 1.97 bits per heavy atom. The first-order valence-corrected chi connectivity index (χ1v) is 12.1. The van der Waals surface area contributed by atoms with Gasteiger partial charge in [-0.15, -0.1) is 0 Å². The number of likely N-dealkylation sites (tertiary alicyclic amines) is 1. The standard InChI is InChI=1S/C27H35N3O3/c1-33-27(32)29-18-19-30(24(21-29)20-28-16-10-2-3-11-17-28)26(31)25(22-12-6-4-7-13-22)23-14-8-5-9-15-23/h4-9,12-15,24-25H,2-3,10-11,16-21H2,1H3/t24-/m1/s1. The van der Waals surface area contributed by atoms with Crippen LogP contribution in [-0.2, 0) is 9.53 Å². The van der Waals surface area contributed by atoms with Gasteiger partial charge in [-0.2, -0.15) is 0 Å². The third kappa shape index (κ3) is 5.74. The lowest BCUT2D eigenvalue weighted by Gasteiger charge is -2.44. The number of rotatable bonds is 5. The lowest BCUT2D eigenvalue weighted by molar-refractivity contribution is -0.137. The van der Waals surface area contributed by atoms with Gasteiger partial charge in [0.1, 0.15) is 0 Å². The zero-order chi connectivity index (χ0) is 23.0. The van der Waals surface area contributed by atoms with E-state index in [2.05, 4.69) is 4.90 Å². The summed E-state index contributed by atoms with van der Waals surface area (Å²) in [7, 11) is 1.42. The van der Waals surface area contributed by atoms with Crippen LogP contribution in [-0.4, -0.2) is 79.1 Å². The van der Waals surface area contributed by atoms with E-state index in [1.807, 2.05) is 65.6 Å². The van der Waals surface area contributed by atoms with E-state index < -0.39 is 0 Å². The normalized spacial score (nSPS) is 19.9. The van der Waals surface area contributed by atoms with E-state index in [1.165, 1.54) is 32.8 Å². The van der Waals surface area contributed by atoms with Crippen molar-refractivity contribution in [1.82, 2.24) is 14.7 Å². The van der Waals surface area contributed by atoms with Gasteiger partial charge in [0.15, 0.2) is 0 Å². The molecule has 0 unspecified atom stereocenters. The number of hydrogen-bond donors (Lipinski definition) is 0. The molecule has 2 heterocycles. The van der Waals surface area contributed by atoms with Crippen LogP contribution in [0.5, 0.6) is 0 Å². The summed E-state index contributed by atoms with van der Waals surface area (Å²) < 4.78 is 5.00. The Morgan fingerprint density at radius 1 is 0.848 bits per heavy atom. The van der Waals surface area contributed by atoms with Gasteiger partial charge in [0, 0.05) is 26.2 Å². The minimum Gasteiger partial charge on any atom is -0.453 e. The number of hydrogen-bond acceptors (Lipinski definition) is 4. The molecule has 2 aliphatic rings. The molecule has 2 saturated heterocycles. The smallest absolute Gasteiger partial charge is 0.409 e. The molecule has 0 saturated carbocycles. The fraction of sp³-hybridized carbons (Fsp3) is 0.481. The maximum Gasteiger partial charge on any atom is 0.409 e. The van der Waals surface area contributed by atoms with Gasteiger partial charge in [-0.05, 0) is 37.1 Å². The van der Waals surface area contributed by atoms with Crippen molar-refractivity contribution in [2.75, 3.05) is 46.4 Å². The molecule has 33 heavy (non-hydrogen) atoms. The molecule has 0 radical (unpaired) electrons. The first-order valence-electron chi connectivity index (χ1n) is 12.1. The highest BCUT2D eigenvalue weighted by molar-refractivity contribution is 5.87. The lowest BCUT2D eigenvalue weighted by Crippen LogP contribution is -2.60. The Morgan fingerprint density at radius 2 is 1.42 bits per heavy atom. The molecule has 2 aromatic rings. The van der Waals surface area contributed by atoms with Gasteiger partial charge in [0.25, 0.3) is 0 Å². The Hall–Kier alpha value is -2.86. The SMILES string of the molecule is COC(=O)N1CCN(C(=O)C(c2ccccc2)c2ccccc2)[C@H](CN2CCCCCC2)C1. The van der Waals surface area contributed by atoms with E-state index in [1.54, 1.807) is 4.90 Å². The van der Waals surface area contributed by atoms with Gasteiger partial charge in [0.05, 0.1) is 19.1 Å². The van der Waals surface area contributed by atoms with Crippen molar-refractivity contribution >= 4 is 12.0 Å². The molecule has 0 aromatic heterocycles. The molecule has 6 heteroatoms. The first kappa shape index (κ1) is 23.3. The third-order valence-corrected chi connectivity index (χ3v) is 6.88. The van der Waals surface area contributed by atoms with Gasteiger partial charge in [-0.1, -0.05) is 73.5 Å². The molecule has 0 spiro atoms. The van der Waals surface area contributed by atoms with Crippen LogP contribution in [0.15, 0.2) is 60.7 Å². The molecule has 176 valence electrons. The summed E-state index contributed by atoms with van der Waals surface area (Å²) >= 11 is 0. The van der Waals surface area contributed by atoms with Crippen LogP contribution in [0.3, 0.4) is 0 Å². The Kier molecular flexibility index (Phi) is 8.00. The monoisotopic (exact) mass is 449 g/mol. The van der Waals surface area contributed by atoms with Gasteiger partial charge in [-0.25, -0.2) is 4.79 Å². The van der Waals surface area contributed by atoms with Crippen molar-refractivity contribution in [1.29, 1.82) is 0 Å². The van der Waals surface area contributed by atoms with E-state index >= 15 is 0 Å². The number of benzene rings is 2. The lowest BCUT2D eigenvalue weighted by atomic mass is 9.89. The van der Waals surface area contributed by atoms with E-state index in [4.69, 9.17) is 4.74 Å². The molecule has 0 bridgehead atoms. The predicted molar refractivity (Wildman–Crippen MR) is 129 cm³/mol. The van der Waals surface area contributed by atoms with Gasteiger partial charge < -0.3 is 19.4 Å². The highest BCUT2D eigenvalue weighted by Crippen LogP contribution is 2.29. The van der Waals surface area contributed by atoms with Crippen molar-refractivity contribution in [3.8, 4) is 0 Å².